The number of benzene rings is 3. The molecular formula is C27H26Cl2N2O2. The van der Waals surface area contributed by atoms with E-state index in [4.69, 9.17) is 37.7 Å². The van der Waals surface area contributed by atoms with Gasteiger partial charge in [0.15, 0.2) is 0 Å². The van der Waals surface area contributed by atoms with Gasteiger partial charge in [0.1, 0.15) is 23.9 Å². The lowest BCUT2D eigenvalue weighted by atomic mass is 10.1. The molecule has 0 spiro atoms. The van der Waals surface area contributed by atoms with Crippen molar-refractivity contribution in [2.75, 3.05) is 6.61 Å². The first-order valence-corrected chi connectivity index (χ1v) is 11.7. The third kappa shape index (κ3) is 5.89. The molecule has 4 aromatic rings. The zero-order valence-electron chi connectivity index (χ0n) is 18.3. The van der Waals surface area contributed by atoms with E-state index in [1.54, 1.807) is 18.2 Å². The second-order valence-corrected chi connectivity index (χ2v) is 8.53. The van der Waals surface area contributed by atoms with Gasteiger partial charge in [-0.1, -0.05) is 59.6 Å². The molecule has 0 saturated carbocycles. The van der Waals surface area contributed by atoms with Gasteiger partial charge in [0, 0.05) is 11.6 Å². The van der Waals surface area contributed by atoms with E-state index in [0.717, 1.165) is 54.0 Å². The molecule has 0 saturated heterocycles. The van der Waals surface area contributed by atoms with E-state index in [9.17, 15) is 0 Å². The molecular weight excluding hydrogens is 455 g/mol. The van der Waals surface area contributed by atoms with Crippen molar-refractivity contribution in [2.45, 2.75) is 32.4 Å². The summed E-state index contributed by atoms with van der Waals surface area (Å²) in [6.45, 7) is 5.63. The number of fused-ring (bicyclic) bond motifs is 1. The summed E-state index contributed by atoms with van der Waals surface area (Å²) in [7, 11) is 0. The molecule has 0 aliphatic carbocycles. The quantitative estimate of drug-likeness (QED) is 0.164. The standard InChI is InChI=1S/C27H26Cl2N2O2/c1-2-9-20-10-3-6-13-25(20)32-17-8-7-16-31-24-12-5-4-11-23(24)30-27(31)19-33-26-15-14-21(28)18-22(26)29/h2-6,10-15,18H,1,7-9,16-17,19H2. The lowest BCUT2D eigenvalue weighted by Gasteiger charge is -2.13. The molecule has 0 amide bonds. The molecule has 6 heteroatoms. The van der Waals surface area contributed by atoms with Gasteiger partial charge in [0.05, 0.1) is 22.7 Å². The van der Waals surface area contributed by atoms with Crippen LogP contribution in [0.4, 0.5) is 0 Å². The van der Waals surface area contributed by atoms with Crippen LogP contribution in [0.3, 0.4) is 0 Å². The minimum atomic E-state index is 0.321. The first-order chi connectivity index (χ1) is 16.2. The number of halogens is 2. The predicted octanol–water partition coefficient (Wildman–Crippen LogP) is 7.51. The zero-order valence-corrected chi connectivity index (χ0v) is 19.9. The summed E-state index contributed by atoms with van der Waals surface area (Å²) >= 11 is 12.2. The van der Waals surface area contributed by atoms with Crippen LogP contribution in [0.2, 0.25) is 10.0 Å². The van der Waals surface area contributed by atoms with Crippen LogP contribution in [0.15, 0.2) is 79.4 Å². The number of allylic oxidation sites excluding steroid dienone is 1. The number of rotatable bonds is 11. The SMILES string of the molecule is C=CCc1ccccc1OCCCCn1c(COc2ccc(Cl)cc2Cl)nc2ccccc21. The van der Waals surface area contributed by atoms with Crippen LogP contribution in [0, 0.1) is 0 Å². The Labute approximate surface area is 204 Å². The van der Waals surface area contributed by atoms with Crippen LogP contribution >= 0.6 is 23.2 Å². The number of para-hydroxylation sites is 3. The van der Waals surface area contributed by atoms with Gasteiger partial charge in [0.25, 0.3) is 0 Å². The molecule has 0 fully saturated rings. The molecule has 1 aromatic heterocycles. The zero-order chi connectivity index (χ0) is 23.0. The van der Waals surface area contributed by atoms with E-state index in [1.165, 1.54) is 0 Å². The van der Waals surface area contributed by atoms with Crippen molar-refractivity contribution < 1.29 is 9.47 Å². The second-order valence-electron chi connectivity index (χ2n) is 7.69. The smallest absolute Gasteiger partial charge is 0.147 e. The Kier molecular flexibility index (Phi) is 7.92. The lowest BCUT2D eigenvalue weighted by Crippen LogP contribution is -2.09. The van der Waals surface area contributed by atoms with E-state index >= 15 is 0 Å². The summed E-state index contributed by atoms with van der Waals surface area (Å²) in [4.78, 5) is 4.78. The third-order valence-corrected chi connectivity index (χ3v) is 5.89. The largest absolute Gasteiger partial charge is 0.493 e. The molecule has 4 nitrogen and oxygen atoms in total. The van der Waals surface area contributed by atoms with Crippen molar-refractivity contribution in [3.8, 4) is 11.5 Å². The first kappa shape index (κ1) is 23.2. The Morgan fingerprint density at radius 2 is 1.73 bits per heavy atom. The summed E-state index contributed by atoms with van der Waals surface area (Å²) in [5.41, 5.74) is 3.21. The fraction of sp³-hybridized carbons (Fsp3) is 0.222. The molecule has 4 rings (SSSR count). The van der Waals surface area contributed by atoms with Crippen molar-refractivity contribution in [1.29, 1.82) is 0 Å². The van der Waals surface area contributed by atoms with Crippen LogP contribution in [-0.2, 0) is 19.6 Å². The van der Waals surface area contributed by atoms with Crippen LogP contribution in [0.1, 0.15) is 24.2 Å². The molecule has 0 unspecified atom stereocenters. The van der Waals surface area contributed by atoms with Gasteiger partial charge in [-0.05, 0) is 61.2 Å². The normalized spacial score (nSPS) is 11.0. The minimum Gasteiger partial charge on any atom is -0.493 e. The third-order valence-electron chi connectivity index (χ3n) is 5.35. The maximum Gasteiger partial charge on any atom is 0.147 e. The number of aromatic nitrogens is 2. The molecule has 0 bridgehead atoms. The Hall–Kier alpha value is -2.95. The lowest BCUT2D eigenvalue weighted by molar-refractivity contribution is 0.284. The fourth-order valence-corrected chi connectivity index (χ4v) is 4.21. The highest BCUT2D eigenvalue weighted by Gasteiger charge is 2.12. The Bertz CT molecular complexity index is 1240. The number of hydrogen-bond donors (Lipinski definition) is 0. The van der Waals surface area contributed by atoms with Crippen molar-refractivity contribution in [1.82, 2.24) is 9.55 Å². The molecule has 170 valence electrons. The first-order valence-electron chi connectivity index (χ1n) is 11.0. The summed E-state index contributed by atoms with van der Waals surface area (Å²) in [6.07, 6.45) is 4.59. The van der Waals surface area contributed by atoms with Gasteiger partial charge in [-0.15, -0.1) is 6.58 Å². The number of aryl methyl sites for hydroxylation is 1. The van der Waals surface area contributed by atoms with Crippen LogP contribution in [0.25, 0.3) is 11.0 Å². The van der Waals surface area contributed by atoms with Crippen LogP contribution in [0.5, 0.6) is 11.5 Å². The van der Waals surface area contributed by atoms with Gasteiger partial charge >= 0.3 is 0 Å². The number of unbranched alkanes of at least 4 members (excludes halogenated alkanes) is 1. The highest BCUT2D eigenvalue weighted by atomic mass is 35.5. The van der Waals surface area contributed by atoms with E-state index in [1.807, 2.05) is 42.5 Å². The second kappa shape index (κ2) is 11.3. The van der Waals surface area contributed by atoms with Crippen molar-refractivity contribution in [3.05, 3.63) is 101 Å². The monoisotopic (exact) mass is 480 g/mol. The van der Waals surface area contributed by atoms with Crippen molar-refractivity contribution in [2.24, 2.45) is 0 Å². The van der Waals surface area contributed by atoms with Crippen molar-refractivity contribution in [3.63, 3.8) is 0 Å². The Morgan fingerprint density at radius 3 is 2.58 bits per heavy atom. The van der Waals surface area contributed by atoms with E-state index in [2.05, 4.69) is 23.3 Å². The number of ether oxygens (including phenoxy) is 2. The average Bonchev–Trinajstić information content (AvgIpc) is 3.17. The summed E-state index contributed by atoms with van der Waals surface area (Å²) < 4.78 is 14.2. The highest BCUT2D eigenvalue weighted by molar-refractivity contribution is 6.35. The average molecular weight is 481 g/mol. The summed E-state index contributed by atoms with van der Waals surface area (Å²) in [5.74, 6) is 2.38. The number of imidazole rings is 1. The van der Waals surface area contributed by atoms with E-state index in [-0.39, 0.29) is 0 Å². The molecule has 33 heavy (non-hydrogen) atoms. The summed E-state index contributed by atoms with van der Waals surface area (Å²) in [6, 6.07) is 21.5. The summed E-state index contributed by atoms with van der Waals surface area (Å²) in [5, 5.41) is 1.06. The van der Waals surface area contributed by atoms with Gasteiger partial charge < -0.3 is 14.0 Å². The number of hydrogen-bond acceptors (Lipinski definition) is 3. The predicted molar refractivity (Wildman–Crippen MR) is 136 cm³/mol. The van der Waals surface area contributed by atoms with E-state index < -0.39 is 0 Å². The Morgan fingerprint density at radius 1 is 0.909 bits per heavy atom. The topological polar surface area (TPSA) is 36.3 Å². The van der Waals surface area contributed by atoms with Gasteiger partial charge in [-0.2, -0.15) is 0 Å². The highest BCUT2D eigenvalue weighted by Crippen LogP contribution is 2.28. The molecule has 3 aromatic carbocycles. The molecule has 0 radical (unpaired) electrons. The maximum absolute atomic E-state index is 6.26. The maximum atomic E-state index is 6.26. The van der Waals surface area contributed by atoms with Gasteiger partial charge in [-0.25, -0.2) is 4.98 Å². The van der Waals surface area contributed by atoms with E-state index in [0.29, 0.717) is 29.0 Å². The van der Waals surface area contributed by atoms with Crippen molar-refractivity contribution >= 4 is 34.2 Å². The number of nitrogens with zero attached hydrogens (tertiary/aromatic N) is 2. The van der Waals surface area contributed by atoms with Gasteiger partial charge in [-0.3, -0.25) is 0 Å². The van der Waals surface area contributed by atoms with Gasteiger partial charge in [0.2, 0.25) is 0 Å². The molecule has 0 atom stereocenters. The van der Waals surface area contributed by atoms with Crippen LogP contribution in [-0.4, -0.2) is 16.2 Å². The molecule has 0 N–H and O–H groups in total. The fourth-order valence-electron chi connectivity index (χ4n) is 3.74. The Balaban J connectivity index is 1.39. The molecule has 1 heterocycles. The van der Waals surface area contributed by atoms with Crippen LogP contribution < -0.4 is 9.47 Å². The molecule has 0 aliphatic heterocycles. The molecule has 0 aliphatic rings. The minimum absolute atomic E-state index is 0.321.